The predicted molar refractivity (Wildman–Crippen MR) is 104 cm³/mol. The molecule has 0 fully saturated rings. The summed E-state index contributed by atoms with van der Waals surface area (Å²) in [6, 6.07) is 13.2. The van der Waals surface area contributed by atoms with Gasteiger partial charge in [-0.05, 0) is 79.3 Å². The van der Waals surface area contributed by atoms with E-state index < -0.39 is 0 Å². The first-order valence-electron chi connectivity index (χ1n) is 9.54. The number of fused-ring (bicyclic) bond motifs is 1. The van der Waals surface area contributed by atoms with Crippen molar-refractivity contribution in [3.8, 4) is 0 Å². The van der Waals surface area contributed by atoms with Gasteiger partial charge in [-0.15, -0.1) is 0 Å². The van der Waals surface area contributed by atoms with Crippen molar-refractivity contribution in [3.05, 3.63) is 69.8 Å². The number of nitrogens with one attached hydrogen (secondary N) is 1. The van der Waals surface area contributed by atoms with E-state index in [2.05, 4.69) is 62.5 Å². The standard InChI is InChI=1S/C23H29NO/c1-4-22(21-12-11-19-7-5-6-8-20(19)15-21)24-23(25)14-18-10-9-16(2)17(3)13-18/h9-13,15,22H,4-8,14H2,1-3H3,(H,24,25)/t22-/m1/s1. The number of amides is 1. The highest BCUT2D eigenvalue weighted by molar-refractivity contribution is 5.79. The fourth-order valence-electron chi connectivity index (χ4n) is 3.74. The van der Waals surface area contributed by atoms with Gasteiger partial charge in [-0.2, -0.15) is 0 Å². The Kier molecular flexibility index (Phi) is 5.57. The normalized spacial score (nSPS) is 14.7. The first-order valence-corrected chi connectivity index (χ1v) is 9.54. The summed E-state index contributed by atoms with van der Waals surface area (Å²) in [7, 11) is 0. The SMILES string of the molecule is CC[C@@H](NC(=O)Cc1ccc(C)c(C)c1)c1ccc2c(c1)CCCC2. The molecule has 1 aliphatic rings. The fraction of sp³-hybridized carbons (Fsp3) is 0.435. The maximum Gasteiger partial charge on any atom is 0.224 e. The Labute approximate surface area is 151 Å². The molecule has 0 heterocycles. The van der Waals surface area contributed by atoms with Crippen molar-refractivity contribution in [2.45, 2.75) is 65.3 Å². The van der Waals surface area contributed by atoms with E-state index in [0.29, 0.717) is 6.42 Å². The molecule has 2 aromatic carbocycles. The maximum absolute atomic E-state index is 12.5. The second kappa shape index (κ2) is 7.86. The van der Waals surface area contributed by atoms with Crippen LogP contribution >= 0.6 is 0 Å². The van der Waals surface area contributed by atoms with Crippen LogP contribution in [0.1, 0.15) is 65.6 Å². The molecule has 0 radical (unpaired) electrons. The van der Waals surface area contributed by atoms with Crippen LogP contribution < -0.4 is 5.32 Å². The van der Waals surface area contributed by atoms with Crippen LogP contribution in [0.5, 0.6) is 0 Å². The summed E-state index contributed by atoms with van der Waals surface area (Å²) in [6.07, 6.45) is 6.32. The molecule has 0 saturated heterocycles. The Morgan fingerprint density at radius 3 is 2.48 bits per heavy atom. The van der Waals surface area contributed by atoms with Crippen LogP contribution in [0.4, 0.5) is 0 Å². The zero-order valence-corrected chi connectivity index (χ0v) is 15.7. The van der Waals surface area contributed by atoms with Gasteiger partial charge in [-0.25, -0.2) is 0 Å². The van der Waals surface area contributed by atoms with Crippen molar-refractivity contribution < 1.29 is 4.79 Å². The molecule has 3 rings (SSSR count). The Balaban J connectivity index is 1.69. The number of carbonyl (C=O) groups excluding carboxylic acids is 1. The average Bonchev–Trinajstić information content (AvgIpc) is 2.62. The van der Waals surface area contributed by atoms with E-state index in [1.807, 2.05) is 0 Å². The number of rotatable bonds is 5. The first kappa shape index (κ1) is 17.7. The van der Waals surface area contributed by atoms with Gasteiger partial charge < -0.3 is 5.32 Å². The van der Waals surface area contributed by atoms with E-state index in [4.69, 9.17) is 0 Å². The quantitative estimate of drug-likeness (QED) is 0.819. The number of benzene rings is 2. The third kappa shape index (κ3) is 4.31. The Hall–Kier alpha value is -2.09. The predicted octanol–water partition coefficient (Wildman–Crippen LogP) is 4.99. The molecule has 1 aliphatic carbocycles. The molecule has 0 unspecified atom stereocenters. The van der Waals surface area contributed by atoms with E-state index in [-0.39, 0.29) is 11.9 Å². The van der Waals surface area contributed by atoms with E-state index >= 15 is 0 Å². The van der Waals surface area contributed by atoms with Crippen molar-refractivity contribution in [1.29, 1.82) is 0 Å². The molecular formula is C23H29NO. The summed E-state index contributed by atoms with van der Waals surface area (Å²) in [5.41, 5.74) is 7.81. The summed E-state index contributed by atoms with van der Waals surface area (Å²) in [5, 5.41) is 3.23. The van der Waals surface area contributed by atoms with E-state index in [1.165, 1.54) is 53.5 Å². The van der Waals surface area contributed by atoms with Crippen molar-refractivity contribution in [3.63, 3.8) is 0 Å². The highest BCUT2D eigenvalue weighted by Gasteiger charge is 2.16. The largest absolute Gasteiger partial charge is 0.349 e. The third-order valence-corrected chi connectivity index (χ3v) is 5.45. The molecule has 2 nitrogen and oxygen atoms in total. The molecule has 132 valence electrons. The van der Waals surface area contributed by atoms with Crippen LogP contribution in [0.25, 0.3) is 0 Å². The van der Waals surface area contributed by atoms with E-state index in [1.54, 1.807) is 0 Å². The smallest absolute Gasteiger partial charge is 0.224 e. The lowest BCUT2D eigenvalue weighted by atomic mass is 9.88. The summed E-state index contributed by atoms with van der Waals surface area (Å²) in [6.45, 7) is 6.33. The minimum Gasteiger partial charge on any atom is -0.349 e. The molecule has 0 saturated carbocycles. The van der Waals surface area contributed by atoms with Crippen LogP contribution in [0.3, 0.4) is 0 Å². The third-order valence-electron chi connectivity index (χ3n) is 5.45. The Bertz CT molecular complexity index is 763. The molecule has 0 bridgehead atoms. The average molecular weight is 335 g/mol. The topological polar surface area (TPSA) is 29.1 Å². The minimum atomic E-state index is 0.103. The Morgan fingerprint density at radius 1 is 1.00 bits per heavy atom. The van der Waals surface area contributed by atoms with Gasteiger partial charge in [0.25, 0.3) is 0 Å². The second-order valence-electron chi connectivity index (χ2n) is 7.36. The van der Waals surface area contributed by atoms with Crippen LogP contribution in [0, 0.1) is 13.8 Å². The lowest BCUT2D eigenvalue weighted by Gasteiger charge is -2.22. The van der Waals surface area contributed by atoms with Crippen molar-refractivity contribution in [2.24, 2.45) is 0 Å². The molecule has 0 aliphatic heterocycles. The number of carbonyl (C=O) groups is 1. The number of aryl methyl sites for hydroxylation is 4. The number of hydrogen-bond acceptors (Lipinski definition) is 1. The first-order chi connectivity index (χ1) is 12.1. The molecule has 2 heteroatoms. The van der Waals surface area contributed by atoms with Gasteiger partial charge in [-0.3, -0.25) is 4.79 Å². The van der Waals surface area contributed by atoms with Crippen LogP contribution in [-0.4, -0.2) is 5.91 Å². The highest BCUT2D eigenvalue weighted by atomic mass is 16.1. The molecule has 2 aromatic rings. The molecule has 25 heavy (non-hydrogen) atoms. The van der Waals surface area contributed by atoms with Crippen LogP contribution in [0.15, 0.2) is 36.4 Å². The zero-order valence-electron chi connectivity index (χ0n) is 15.7. The summed E-state index contributed by atoms with van der Waals surface area (Å²) in [4.78, 5) is 12.5. The van der Waals surface area contributed by atoms with Crippen LogP contribution in [-0.2, 0) is 24.1 Å². The molecule has 1 N–H and O–H groups in total. The summed E-state index contributed by atoms with van der Waals surface area (Å²) >= 11 is 0. The maximum atomic E-state index is 12.5. The van der Waals surface area contributed by atoms with Gasteiger partial charge >= 0.3 is 0 Å². The van der Waals surface area contributed by atoms with Crippen LogP contribution in [0.2, 0.25) is 0 Å². The van der Waals surface area contributed by atoms with Gasteiger partial charge in [0.2, 0.25) is 5.91 Å². The van der Waals surface area contributed by atoms with Gasteiger partial charge in [0.05, 0.1) is 12.5 Å². The van der Waals surface area contributed by atoms with E-state index in [9.17, 15) is 4.79 Å². The Morgan fingerprint density at radius 2 is 1.76 bits per heavy atom. The molecule has 1 atom stereocenters. The molecular weight excluding hydrogens is 306 g/mol. The van der Waals surface area contributed by atoms with Gasteiger partial charge in [0.1, 0.15) is 0 Å². The van der Waals surface area contributed by atoms with Crippen molar-refractivity contribution in [2.75, 3.05) is 0 Å². The lowest BCUT2D eigenvalue weighted by Crippen LogP contribution is -2.29. The summed E-state index contributed by atoms with van der Waals surface area (Å²) in [5.74, 6) is 0.104. The fourth-order valence-corrected chi connectivity index (χ4v) is 3.74. The van der Waals surface area contributed by atoms with Gasteiger partial charge in [-0.1, -0.05) is 43.3 Å². The monoisotopic (exact) mass is 335 g/mol. The van der Waals surface area contributed by atoms with Gasteiger partial charge in [0.15, 0.2) is 0 Å². The zero-order chi connectivity index (χ0) is 17.8. The number of hydrogen-bond donors (Lipinski definition) is 1. The molecule has 0 spiro atoms. The molecule has 1 amide bonds. The molecule has 0 aromatic heterocycles. The minimum absolute atomic E-state index is 0.103. The van der Waals surface area contributed by atoms with E-state index in [0.717, 1.165) is 12.0 Å². The summed E-state index contributed by atoms with van der Waals surface area (Å²) < 4.78 is 0. The second-order valence-corrected chi connectivity index (χ2v) is 7.36. The van der Waals surface area contributed by atoms with Gasteiger partial charge in [0, 0.05) is 0 Å². The van der Waals surface area contributed by atoms with Crippen molar-refractivity contribution >= 4 is 5.91 Å². The highest BCUT2D eigenvalue weighted by Crippen LogP contribution is 2.26. The van der Waals surface area contributed by atoms with Crippen molar-refractivity contribution in [1.82, 2.24) is 5.32 Å². The lowest BCUT2D eigenvalue weighted by molar-refractivity contribution is -0.121.